The predicted octanol–water partition coefficient (Wildman–Crippen LogP) is 3.79. The molecule has 0 bridgehead atoms. The smallest absolute Gasteiger partial charge is 0.228 e. The van der Waals surface area contributed by atoms with Gasteiger partial charge in [0.1, 0.15) is 17.3 Å². The molecule has 0 radical (unpaired) electrons. The van der Waals surface area contributed by atoms with E-state index in [1.807, 2.05) is 32.0 Å². The maximum atomic E-state index is 13.6. The van der Waals surface area contributed by atoms with Gasteiger partial charge in [0.25, 0.3) is 0 Å². The van der Waals surface area contributed by atoms with Gasteiger partial charge in [-0.15, -0.1) is 0 Å². The minimum Gasteiger partial charge on any atom is -0.325 e. The second kappa shape index (κ2) is 6.63. The van der Waals surface area contributed by atoms with Gasteiger partial charge in [-0.05, 0) is 43.5 Å². The van der Waals surface area contributed by atoms with E-state index >= 15 is 0 Å². The molecule has 2 N–H and O–H groups in total. The van der Waals surface area contributed by atoms with Crippen LogP contribution in [0.25, 0.3) is 0 Å². The summed E-state index contributed by atoms with van der Waals surface area (Å²) in [4.78, 5) is 24.5. The molecule has 0 saturated heterocycles. The number of rotatable bonds is 4. The average molecular weight is 344 g/mol. The molecule has 1 aliphatic carbocycles. The predicted molar refractivity (Wildman–Crippen MR) is 91.1 cm³/mol. The van der Waals surface area contributed by atoms with E-state index in [1.165, 1.54) is 6.07 Å². The minimum atomic E-state index is -0.842. The van der Waals surface area contributed by atoms with Gasteiger partial charge in [0.05, 0.1) is 11.8 Å². The van der Waals surface area contributed by atoms with Gasteiger partial charge in [-0.3, -0.25) is 9.59 Å². The molecule has 2 atom stereocenters. The summed E-state index contributed by atoms with van der Waals surface area (Å²) in [5.74, 6) is -3.56. The highest BCUT2D eigenvalue weighted by molar-refractivity contribution is 6.03. The summed E-state index contributed by atoms with van der Waals surface area (Å²) in [6.45, 7) is 3.78. The highest BCUT2D eigenvalue weighted by atomic mass is 19.1. The molecule has 2 unspecified atom stereocenters. The third-order valence-corrected chi connectivity index (χ3v) is 4.40. The van der Waals surface area contributed by atoms with Crippen molar-refractivity contribution in [3.63, 3.8) is 0 Å². The van der Waals surface area contributed by atoms with Crippen molar-refractivity contribution in [2.45, 2.75) is 20.3 Å². The van der Waals surface area contributed by atoms with Gasteiger partial charge in [0.2, 0.25) is 11.8 Å². The monoisotopic (exact) mass is 344 g/mol. The van der Waals surface area contributed by atoms with Crippen molar-refractivity contribution >= 4 is 23.2 Å². The lowest BCUT2D eigenvalue weighted by Crippen LogP contribution is -2.22. The zero-order valence-electron chi connectivity index (χ0n) is 13.9. The highest BCUT2D eigenvalue weighted by Crippen LogP contribution is 2.41. The first-order valence-corrected chi connectivity index (χ1v) is 8.00. The fraction of sp³-hybridized carbons (Fsp3) is 0.263. The van der Waals surface area contributed by atoms with Crippen molar-refractivity contribution in [2.24, 2.45) is 11.8 Å². The fourth-order valence-electron chi connectivity index (χ4n) is 2.84. The zero-order chi connectivity index (χ0) is 18.1. The molecule has 4 nitrogen and oxygen atoms in total. The number of anilines is 2. The first kappa shape index (κ1) is 17.1. The van der Waals surface area contributed by atoms with Crippen LogP contribution in [0.4, 0.5) is 20.2 Å². The van der Waals surface area contributed by atoms with Crippen LogP contribution < -0.4 is 10.6 Å². The molecule has 1 saturated carbocycles. The Balaban J connectivity index is 1.64. The van der Waals surface area contributed by atoms with E-state index in [0.717, 1.165) is 28.9 Å². The number of nitrogens with one attached hydrogen (secondary N) is 2. The van der Waals surface area contributed by atoms with E-state index in [9.17, 15) is 18.4 Å². The van der Waals surface area contributed by atoms with Crippen LogP contribution in [0, 0.1) is 37.3 Å². The highest BCUT2D eigenvalue weighted by Gasteiger charge is 2.48. The molecule has 2 amide bonds. The molecule has 0 aliphatic heterocycles. The van der Waals surface area contributed by atoms with E-state index < -0.39 is 35.1 Å². The molecule has 2 aromatic carbocycles. The number of halogens is 2. The Morgan fingerprint density at radius 2 is 1.28 bits per heavy atom. The number of hydrogen-bond acceptors (Lipinski definition) is 2. The van der Waals surface area contributed by atoms with E-state index in [2.05, 4.69) is 10.6 Å². The number of hydrogen-bond donors (Lipinski definition) is 2. The van der Waals surface area contributed by atoms with Crippen LogP contribution in [0.15, 0.2) is 36.4 Å². The summed E-state index contributed by atoms with van der Waals surface area (Å²) in [6, 6.07) is 9.03. The first-order chi connectivity index (χ1) is 11.9. The Bertz CT molecular complexity index is 741. The lowest BCUT2D eigenvalue weighted by atomic mass is 10.1. The third kappa shape index (κ3) is 3.52. The number of amides is 2. The van der Waals surface area contributed by atoms with Crippen LogP contribution in [0.2, 0.25) is 0 Å². The van der Waals surface area contributed by atoms with E-state index in [1.54, 1.807) is 0 Å². The molecule has 1 fully saturated rings. The molecule has 0 spiro atoms. The van der Waals surface area contributed by atoms with Crippen molar-refractivity contribution in [1.82, 2.24) is 0 Å². The first-order valence-electron chi connectivity index (χ1n) is 8.00. The lowest BCUT2D eigenvalue weighted by Gasteiger charge is -2.11. The van der Waals surface area contributed by atoms with Gasteiger partial charge < -0.3 is 10.6 Å². The van der Waals surface area contributed by atoms with E-state index in [-0.39, 0.29) is 5.91 Å². The standard InChI is InChI=1S/C19H18F2N2O2/c1-10-5-3-6-11(2)16(10)22-18(24)12-9-13(12)19(25)23-17-14(20)7-4-8-15(17)21/h3-8,12-13H,9H2,1-2H3,(H,22,24)(H,23,25). The molecule has 0 aromatic heterocycles. The summed E-state index contributed by atoms with van der Waals surface area (Å²) in [5, 5.41) is 5.09. The molecule has 2 aromatic rings. The van der Waals surface area contributed by atoms with Crippen molar-refractivity contribution in [3.8, 4) is 0 Å². The quantitative estimate of drug-likeness (QED) is 0.886. The van der Waals surface area contributed by atoms with Crippen LogP contribution in [0.5, 0.6) is 0 Å². The van der Waals surface area contributed by atoms with Gasteiger partial charge in [0, 0.05) is 5.69 Å². The molecule has 3 rings (SSSR count). The third-order valence-electron chi connectivity index (χ3n) is 4.40. The maximum Gasteiger partial charge on any atom is 0.228 e. The summed E-state index contributed by atoms with van der Waals surface area (Å²) in [5.41, 5.74) is 2.12. The summed E-state index contributed by atoms with van der Waals surface area (Å²) in [7, 11) is 0. The normalized spacial score (nSPS) is 18.6. The van der Waals surface area contributed by atoms with Crippen LogP contribution in [-0.4, -0.2) is 11.8 Å². The summed E-state index contributed by atoms with van der Waals surface area (Å²) < 4.78 is 27.2. The SMILES string of the molecule is Cc1cccc(C)c1NC(=O)C1CC1C(=O)Nc1c(F)cccc1F. The Kier molecular flexibility index (Phi) is 4.53. The second-order valence-electron chi connectivity index (χ2n) is 6.29. The Morgan fingerprint density at radius 3 is 1.80 bits per heavy atom. The Hall–Kier alpha value is -2.76. The minimum absolute atomic E-state index is 0.258. The number of aryl methyl sites for hydroxylation is 2. The van der Waals surface area contributed by atoms with Crippen LogP contribution in [0.1, 0.15) is 17.5 Å². The average Bonchev–Trinajstić information content (AvgIpc) is 3.35. The van der Waals surface area contributed by atoms with Gasteiger partial charge in [-0.2, -0.15) is 0 Å². The summed E-state index contributed by atoms with van der Waals surface area (Å²) in [6.07, 6.45) is 0.360. The van der Waals surface area contributed by atoms with Crippen molar-refractivity contribution < 1.29 is 18.4 Å². The summed E-state index contributed by atoms with van der Waals surface area (Å²) >= 11 is 0. The number of benzene rings is 2. The van der Waals surface area contributed by atoms with Gasteiger partial charge >= 0.3 is 0 Å². The molecule has 6 heteroatoms. The van der Waals surface area contributed by atoms with Crippen molar-refractivity contribution in [1.29, 1.82) is 0 Å². The van der Waals surface area contributed by atoms with Crippen molar-refractivity contribution in [2.75, 3.05) is 10.6 Å². The molecule has 130 valence electrons. The molecular weight excluding hydrogens is 326 g/mol. The van der Waals surface area contributed by atoms with Crippen LogP contribution >= 0.6 is 0 Å². The maximum absolute atomic E-state index is 13.6. The van der Waals surface area contributed by atoms with Gasteiger partial charge in [0.15, 0.2) is 0 Å². The van der Waals surface area contributed by atoms with Crippen molar-refractivity contribution in [3.05, 3.63) is 59.2 Å². The van der Waals surface area contributed by atoms with Gasteiger partial charge in [-0.1, -0.05) is 24.3 Å². The molecule has 1 aliphatic rings. The lowest BCUT2D eigenvalue weighted by molar-refractivity contribution is -0.122. The Labute approximate surface area is 144 Å². The number of carbonyl (C=O) groups excluding carboxylic acids is 2. The van der Waals surface area contributed by atoms with Crippen LogP contribution in [0.3, 0.4) is 0 Å². The number of carbonyl (C=O) groups is 2. The molecule has 0 heterocycles. The Morgan fingerprint density at radius 1 is 0.840 bits per heavy atom. The second-order valence-corrected chi connectivity index (χ2v) is 6.29. The zero-order valence-corrected chi connectivity index (χ0v) is 13.9. The molecule has 25 heavy (non-hydrogen) atoms. The number of para-hydroxylation sites is 2. The fourth-order valence-corrected chi connectivity index (χ4v) is 2.84. The topological polar surface area (TPSA) is 58.2 Å². The van der Waals surface area contributed by atoms with E-state index in [0.29, 0.717) is 6.42 Å². The van der Waals surface area contributed by atoms with E-state index in [4.69, 9.17) is 0 Å². The largest absolute Gasteiger partial charge is 0.325 e. The molecular formula is C19H18F2N2O2. The van der Waals surface area contributed by atoms with Gasteiger partial charge in [-0.25, -0.2) is 8.78 Å². The van der Waals surface area contributed by atoms with Crippen LogP contribution in [-0.2, 0) is 9.59 Å².